The largest absolute Gasteiger partial charge is 0.370 e. The van der Waals surface area contributed by atoms with Gasteiger partial charge in [-0.3, -0.25) is 4.99 Å². The van der Waals surface area contributed by atoms with Crippen LogP contribution in [0.4, 0.5) is 10.1 Å². The molecule has 1 aliphatic carbocycles. The van der Waals surface area contributed by atoms with E-state index in [-0.39, 0.29) is 29.8 Å². The highest BCUT2D eigenvalue weighted by molar-refractivity contribution is 14.0. The summed E-state index contributed by atoms with van der Waals surface area (Å²) >= 11 is 0. The highest BCUT2D eigenvalue weighted by Gasteiger charge is 2.34. The van der Waals surface area contributed by atoms with E-state index in [0.29, 0.717) is 11.4 Å². The minimum Gasteiger partial charge on any atom is -0.370 e. The van der Waals surface area contributed by atoms with Gasteiger partial charge in [-0.25, -0.2) is 4.39 Å². The third-order valence-corrected chi connectivity index (χ3v) is 5.69. The molecule has 0 bridgehead atoms. The van der Waals surface area contributed by atoms with Crippen LogP contribution in [-0.4, -0.2) is 69.1 Å². The molecule has 1 saturated heterocycles. The molecule has 2 aliphatic rings. The lowest BCUT2D eigenvalue weighted by molar-refractivity contribution is 0.209. The van der Waals surface area contributed by atoms with Crippen molar-refractivity contribution in [2.45, 2.75) is 25.7 Å². The molecule has 2 fully saturated rings. The Kier molecular flexibility index (Phi) is 8.15. The summed E-state index contributed by atoms with van der Waals surface area (Å²) in [5.41, 5.74) is 7.68. The molecule has 1 saturated carbocycles. The second-order valence-electron chi connectivity index (χ2n) is 8.07. The van der Waals surface area contributed by atoms with E-state index >= 15 is 0 Å². The molecule has 1 aliphatic heterocycles. The summed E-state index contributed by atoms with van der Waals surface area (Å²) in [6.07, 6.45) is 5.11. The molecule has 5 nitrogen and oxygen atoms in total. The molecule has 0 spiro atoms. The standard InChI is InChI=1S/C20H32FN5.HI/c1-24(2)16-20(9-3-4-10-20)15-23-19(22)26-13-11-25(12-14-26)18-7-5-17(21)6-8-18;/h5-8H,3-4,9-16H2,1-2H3,(H2,22,23);1H. The first kappa shape index (κ1) is 22.2. The van der Waals surface area contributed by atoms with E-state index in [1.807, 2.05) is 12.1 Å². The Morgan fingerprint density at radius 3 is 2.26 bits per heavy atom. The minimum atomic E-state index is -0.192. The fraction of sp³-hybridized carbons (Fsp3) is 0.650. The second-order valence-corrected chi connectivity index (χ2v) is 8.07. The van der Waals surface area contributed by atoms with Gasteiger partial charge in [-0.05, 0) is 51.2 Å². The van der Waals surface area contributed by atoms with Crippen molar-refractivity contribution in [3.63, 3.8) is 0 Å². The SMILES string of the molecule is CN(C)CC1(CN=C(N)N2CCN(c3ccc(F)cc3)CC2)CCCC1.I. The quantitative estimate of drug-likeness (QED) is 0.393. The Labute approximate surface area is 179 Å². The summed E-state index contributed by atoms with van der Waals surface area (Å²) in [6.45, 7) is 5.38. The molecule has 0 unspecified atom stereocenters. The molecule has 2 N–H and O–H groups in total. The van der Waals surface area contributed by atoms with Crippen LogP contribution < -0.4 is 10.6 Å². The zero-order chi connectivity index (χ0) is 18.6. The molecule has 0 amide bonds. The van der Waals surface area contributed by atoms with Gasteiger partial charge < -0.3 is 20.4 Å². The van der Waals surface area contributed by atoms with Crippen molar-refractivity contribution in [2.24, 2.45) is 16.1 Å². The Balaban J connectivity index is 0.00000261. The van der Waals surface area contributed by atoms with Crippen LogP contribution in [0, 0.1) is 11.2 Å². The van der Waals surface area contributed by atoms with E-state index in [2.05, 4.69) is 28.8 Å². The molecule has 1 heterocycles. The summed E-state index contributed by atoms with van der Waals surface area (Å²) in [5.74, 6) is 0.483. The maximum atomic E-state index is 13.1. The zero-order valence-corrected chi connectivity index (χ0v) is 18.9. The van der Waals surface area contributed by atoms with E-state index in [1.54, 1.807) is 0 Å². The van der Waals surface area contributed by atoms with Crippen LogP contribution in [0.2, 0.25) is 0 Å². The van der Waals surface area contributed by atoms with Gasteiger partial charge in [0.25, 0.3) is 0 Å². The van der Waals surface area contributed by atoms with E-state index in [1.165, 1.54) is 37.8 Å². The number of hydrogen-bond acceptors (Lipinski definition) is 3. The number of guanidine groups is 1. The van der Waals surface area contributed by atoms with Crippen molar-refractivity contribution in [1.82, 2.24) is 9.80 Å². The minimum absolute atomic E-state index is 0. The van der Waals surface area contributed by atoms with Crippen molar-refractivity contribution in [3.8, 4) is 0 Å². The summed E-state index contributed by atoms with van der Waals surface area (Å²) < 4.78 is 13.1. The molecule has 1 aromatic rings. The average Bonchev–Trinajstić information content (AvgIpc) is 3.08. The number of aliphatic imine (C=N–C) groups is 1. The molecule has 3 rings (SSSR count). The Morgan fingerprint density at radius 1 is 1.11 bits per heavy atom. The second kappa shape index (κ2) is 9.91. The van der Waals surface area contributed by atoms with Crippen LogP contribution >= 0.6 is 24.0 Å². The van der Waals surface area contributed by atoms with E-state index in [9.17, 15) is 4.39 Å². The summed E-state index contributed by atoms with van der Waals surface area (Å²) in [4.78, 5) is 11.5. The van der Waals surface area contributed by atoms with Gasteiger partial charge in [0.05, 0.1) is 0 Å². The van der Waals surface area contributed by atoms with Gasteiger partial charge in [0.15, 0.2) is 5.96 Å². The highest BCUT2D eigenvalue weighted by atomic mass is 127. The summed E-state index contributed by atoms with van der Waals surface area (Å²) in [5, 5.41) is 0. The predicted molar refractivity (Wildman–Crippen MR) is 122 cm³/mol. The molecular formula is C20H33FIN5. The number of rotatable bonds is 5. The van der Waals surface area contributed by atoms with E-state index in [0.717, 1.165) is 45.0 Å². The fourth-order valence-corrected chi connectivity index (χ4v) is 4.36. The molecular weight excluding hydrogens is 456 g/mol. The van der Waals surface area contributed by atoms with E-state index < -0.39 is 0 Å². The molecule has 1 aromatic carbocycles. The molecule has 0 aromatic heterocycles. The first-order valence-corrected chi connectivity index (χ1v) is 9.68. The number of benzene rings is 1. The van der Waals surface area contributed by atoms with Crippen molar-refractivity contribution in [1.29, 1.82) is 0 Å². The number of halogens is 2. The third-order valence-electron chi connectivity index (χ3n) is 5.69. The van der Waals surface area contributed by atoms with E-state index in [4.69, 9.17) is 10.7 Å². The molecule has 0 radical (unpaired) electrons. The smallest absolute Gasteiger partial charge is 0.191 e. The molecule has 152 valence electrons. The van der Waals surface area contributed by atoms with Gasteiger partial charge in [0.1, 0.15) is 5.82 Å². The number of nitrogens with two attached hydrogens (primary N) is 1. The van der Waals surface area contributed by atoms with Gasteiger partial charge in [0, 0.05) is 50.4 Å². The van der Waals surface area contributed by atoms with Gasteiger partial charge in [-0.15, -0.1) is 24.0 Å². The molecule has 0 atom stereocenters. The maximum absolute atomic E-state index is 13.1. The van der Waals surface area contributed by atoms with Crippen molar-refractivity contribution in [3.05, 3.63) is 30.1 Å². The lowest BCUT2D eigenvalue weighted by Gasteiger charge is -2.37. The highest BCUT2D eigenvalue weighted by Crippen LogP contribution is 2.38. The lowest BCUT2D eigenvalue weighted by Crippen LogP contribution is -2.51. The topological polar surface area (TPSA) is 48.1 Å². The van der Waals surface area contributed by atoms with Crippen LogP contribution in [0.3, 0.4) is 0 Å². The van der Waals surface area contributed by atoms with Crippen LogP contribution in [0.15, 0.2) is 29.3 Å². The van der Waals surface area contributed by atoms with Gasteiger partial charge in [0.2, 0.25) is 0 Å². The summed E-state index contributed by atoms with van der Waals surface area (Å²) in [7, 11) is 4.28. The van der Waals surface area contributed by atoms with Gasteiger partial charge >= 0.3 is 0 Å². The Morgan fingerprint density at radius 2 is 1.70 bits per heavy atom. The van der Waals surface area contributed by atoms with Crippen LogP contribution in [0.5, 0.6) is 0 Å². The average molecular weight is 489 g/mol. The van der Waals surface area contributed by atoms with Crippen molar-refractivity contribution >= 4 is 35.6 Å². The number of piperazine rings is 1. The third kappa shape index (κ3) is 5.94. The van der Waals surface area contributed by atoms with Crippen LogP contribution in [0.25, 0.3) is 0 Å². The van der Waals surface area contributed by atoms with Crippen molar-refractivity contribution in [2.75, 3.05) is 58.3 Å². The first-order valence-electron chi connectivity index (χ1n) is 9.68. The van der Waals surface area contributed by atoms with Crippen molar-refractivity contribution < 1.29 is 4.39 Å². The number of nitrogens with zero attached hydrogens (tertiary/aromatic N) is 4. The van der Waals surface area contributed by atoms with Gasteiger partial charge in [-0.2, -0.15) is 0 Å². The van der Waals surface area contributed by atoms with Crippen LogP contribution in [0.1, 0.15) is 25.7 Å². The monoisotopic (exact) mass is 489 g/mol. The zero-order valence-electron chi connectivity index (χ0n) is 16.5. The fourth-order valence-electron chi connectivity index (χ4n) is 4.36. The Bertz CT molecular complexity index is 605. The first-order chi connectivity index (χ1) is 12.5. The normalized spacial score (nSPS) is 20.1. The Hall–Kier alpha value is -1.09. The molecule has 7 heteroatoms. The lowest BCUT2D eigenvalue weighted by atomic mass is 9.86. The predicted octanol–water partition coefficient (Wildman–Crippen LogP) is 3.00. The van der Waals surface area contributed by atoms with Crippen LogP contribution in [-0.2, 0) is 0 Å². The molecule has 27 heavy (non-hydrogen) atoms. The summed E-state index contributed by atoms with van der Waals surface area (Å²) in [6, 6.07) is 6.72. The van der Waals surface area contributed by atoms with Gasteiger partial charge in [-0.1, -0.05) is 12.8 Å². The number of anilines is 1. The number of hydrogen-bond donors (Lipinski definition) is 1. The maximum Gasteiger partial charge on any atom is 0.191 e.